The quantitative estimate of drug-likeness (QED) is 0.739. The Balaban J connectivity index is 2.39. The van der Waals surface area contributed by atoms with Gasteiger partial charge in [-0.2, -0.15) is 5.10 Å². The Morgan fingerprint density at radius 3 is 2.50 bits per heavy atom. The molecule has 0 amide bonds. The SMILES string of the molecule is Cc1cc(-c2n[nH]c(=O)c3ccccc23)c(F)cc1F. The predicted molar refractivity (Wildman–Crippen MR) is 72.5 cm³/mol. The first-order valence-electron chi connectivity index (χ1n) is 6.01. The van der Waals surface area contributed by atoms with E-state index in [0.29, 0.717) is 22.0 Å². The first kappa shape index (κ1) is 12.5. The highest BCUT2D eigenvalue weighted by molar-refractivity contribution is 5.93. The molecule has 5 heteroatoms. The highest BCUT2D eigenvalue weighted by Gasteiger charge is 2.14. The Labute approximate surface area is 112 Å². The van der Waals surface area contributed by atoms with Gasteiger partial charge in [0.05, 0.1) is 5.39 Å². The molecule has 0 fully saturated rings. The number of nitrogens with one attached hydrogen (secondary N) is 1. The topological polar surface area (TPSA) is 45.8 Å². The van der Waals surface area contributed by atoms with E-state index >= 15 is 0 Å². The zero-order chi connectivity index (χ0) is 14.3. The molecule has 0 aliphatic rings. The monoisotopic (exact) mass is 272 g/mol. The number of rotatable bonds is 1. The van der Waals surface area contributed by atoms with Gasteiger partial charge >= 0.3 is 0 Å². The molecule has 2 aromatic carbocycles. The molecule has 1 N–H and O–H groups in total. The summed E-state index contributed by atoms with van der Waals surface area (Å²) in [6, 6.07) is 8.98. The van der Waals surface area contributed by atoms with E-state index in [1.54, 1.807) is 31.2 Å². The summed E-state index contributed by atoms with van der Waals surface area (Å²) in [6.07, 6.45) is 0. The first-order chi connectivity index (χ1) is 9.58. The van der Waals surface area contributed by atoms with Gasteiger partial charge in [-0.15, -0.1) is 0 Å². The van der Waals surface area contributed by atoms with Crippen molar-refractivity contribution in [2.45, 2.75) is 6.92 Å². The third-order valence-corrected chi connectivity index (χ3v) is 3.20. The Morgan fingerprint density at radius 1 is 1.05 bits per heavy atom. The third kappa shape index (κ3) is 1.87. The molecule has 0 aliphatic carbocycles. The molecular formula is C15H10F2N2O. The number of halogens is 2. The summed E-state index contributed by atoms with van der Waals surface area (Å²) in [6.45, 7) is 1.55. The first-order valence-corrected chi connectivity index (χ1v) is 6.01. The van der Waals surface area contributed by atoms with Crippen molar-refractivity contribution in [1.82, 2.24) is 10.2 Å². The van der Waals surface area contributed by atoms with Crippen LogP contribution in [0.2, 0.25) is 0 Å². The van der Waals surface area contributed by atoms with Crippen LogP contribution in [0.4, 0.5) is 8.78 Å². The van der Waals surface area contributed by atoms with Crippen molar-refractivity contribution in [1.29, 1.82) is 0 Å². The van der Waals surface area contributed by atoms with Crippen molar-refractivity contribution in [3.63, 3.8) is 0 Å². The highest BCUT2D eigenvalue weighted by atomic mass is 19.1. The largest absolute Gasteiger partial charge is 0.272 e. The fraction of sp³-hybridized carbons (Fsp3) is 0.0667. The Morgan fingerprint density at radius 2 is 1.75 bits per heavy atom. The van der Waals surface area contributed by atoms with Gasteiger partial charge in [0.25, 0.3) is 5.56 Å². The minimum absolute atomic E-state index is 0.163. The summed E-state index contributed by atoms with van der Waals surface area (Å²) in [5.74, 6) is -1.32. The fourth-order valence-corrected chi connectivity index (χ4v) is 2.16. The summed E-state index contributed by atoms with van der Waals surface area (Å²) in [5.41, 5.74) is 0.430. The van der Waals surface area contributed by atoms with Crippen LogP contribution in [-0.4, -0.2) is 10.2 Å². The summed E-state index contributed by atoms with van der Waals surface area (Å²) in [5, 5.41) is 7.19. The van der Waals surface area contributed by atoms with Gasteiger partial charge in [-0.1, -0.05) is 18.2 Å². The minimum atomic E-state index is -0.710. The predicted octanol–water partition coefficient (Wildman–Crippen LogP) is 3.18. The molecule has 0 spiro atoms. The maximum absolute atomic E-state index is 14.0. The van der Waals surface area contributed by atoms with Crippen LogP contribution in [0.25, 0.3) is 22.0 Å². The molecule has 0 atom stereocenters. The lowest BCUT2D eigenvalue weighted by molar-refractivity contribution is 0.579. The van der Waals surface area contributed by atoms with Gasteiger partial charge in [0.1, 0.15) is 17.3 Å². The summed E-state index contributed by atoms with van der Waals surface area (Å²) < 4.78 is 27.3. The number of nitrogens with zero attached hydrogens (tertiary/aromatic N) is 1. The van der Waals surface area contributed by atoms with Crippen LogP contribution in [0.5, 0.6) is 0 Å². The number of aryl methyl sites for hydroxylation is 1. The van der Waals surface area contributed by atoms with Crippen LogP contribution in [0.15, 0.2) is 41.2 Å². The Hall–Kier alpha value is -2.56. The van der Waals surface area contributed by atoms with Crippen molar-refractivity contribution in [2.75, 3.05) is 0 Å². The molecule has 3 rings (SSSR count). The van der Waals surface area contributed by atoms with E-state index < -0.39 is 11.6 Å². The number of hydrogen-bond acceptors (Lipinski definition) is 2. The van der Waals surface area contributed by atoms with Crippen molar-refractivity contribution in [3.8, 4) is 11.3 Å². The number of hydrogen-bond donors (Lipinski definition) is 1. The lowest BCUT2D eigenvalue weighted by atomic mass is 10.0. The molecule has 100 valence electrons. The van der Waals surface area contributed by atoms with E-state index in [1.807, 2.05) is 0 Å². The van der Waals surface area contributed by atoms with Crippen molar-refractivity contribution in [2.24, 2.45) is 0 Å². The minimum Gasteiger partial charge on any atom is -0.267 e. The third-order valence-electron chi connectivity index (χ3n) is 3.20. The second kappa shape index (κ2) is 4.52. The van der Waals surface area contributed by atoms with E-state index in [4.69, 9.17) is 0 Å². The van der Waals surface area contributed by atoms with Gasteiger partial charge in [-0.05, 0) is 24.6 Å². The van der Waals surface area contributed by atoms with E-state index in [1.165, 1.54) is 6.07 Å². The average Bonchev–Trinajstić information content (AvgIpc) is 2.44. The molecule has 20 heavy (non-hydrogen) atoms. The molecule has 1 heterocycles. The van der Waals surface area contributed by atoms with E-state index in [9.17, 15) is 13.6 Å². The maximum Gasteiger partial charge on any atom is 0.272 e. The van der Waals surface area contributed by atoms with Crippen LogP contribution in [0.1, 0.15) is 5.56 Å². The van der Waals surface area contributed by atoms with Gasteiger partial charge in [0.15, 0.2) is 0 Å². The molecule has 0 bridgehead atoms. The zero-order valence-corrected chi connectivity index (χ0v) is 10.6. The van der Waals surface area contributed by atoms with Crippen LogP contribution >= 0.6 is 0 Å². The lowest BCUT2D eigenvalue weighted by Crippen LogP contribution is -2.09. The van der Waals surface area contributed by atoms with Gasteiger partial charge in [0.2, 0.25) is 0 Å². The molecule has 1 aromatic heterocycles. The van der Waals surface area contributed by atoms with Crippen LogP contribution in [0.3, 0.4) is 0 Å². The highest BCUT2D eigenvalue weighted by Crippen LogP contribution is 2.28. The van der Waals surface area contributed by atoms with Gasteiger partial charge in [-0.25, -0.2) is 13.9 Å². The van der Waals surface area contributed by atoms with Gasteiger partial charge in [-0.3, -0.25) is 4.79 Å². The molecule has 0 saturated heterocycles. The van der Waals surface area contributed by atoms with Crippen molar-refractivity contribution >= 4 is 10.8 Å². The van der Waals surface area contributed by atoms with E-state index in [-0.39, 0.29) is 11.1 Å². The number of H-pyrrole nitrogens is 1. The Bertz CT molecular complexity index is 871. The fourth-order valence-electron chi connectivity index (χ4n) is 2.16. The van der Waals surface area contributed by atoms with Crippen molar-refractivity contribution in [3.05, 3.63) is 63.9 Å². The Kier molecular flexibility index (Phi) is 2.82. The number of aromatic amines is 1. The molecule has 0 saturated carbocycles. The second-order valence-electron chi connectivity index (χ2n) is 4.53. The normalized spacial score (nSPS) is 10.9. The molecular weight excluding hydrogens is 262 g/mol. The smallest absolute Gasteiger partial charge is 0.267 e. The van der Waals surface area contributed by atoms with E-state index in [0.717, 1.165) is 6.07 Å². The number of fused-ring (bicyclic) bond motifs is 1. The lowest BCUT2D eigenvalue weighted by Gasteiger charge is -2.07. The summed E-state index contributed by atoms with van der Waals surface area (Å²) >= 11 is 0. The maximum atomic E-state index is 14.0. The molecule has 3 nitrogen and oxygen atoms in total. The summed E-state index contributed by atoms with van der Waals surface area (Å²) in [7, 11) is 0. The average molecular weight is 272 g/mol. The zero-order valence-electron chi connectivity index (χ0n) is 10.6. The molecule has 3 aromatic rings. The molecule has 0 unspecified atom stereocenters. The second-order valence-corrected chi connectivity index (χ2v) is 4.53. The van der Waals surface area contributed by atoms with Gasteiger partial charge in [0, 0.05) is 17.0 Å². The number of benzene rings is 2. The molecule has 0 radical (unpaired) electrons. The standard InChI is InChI=1S/C15H10F2N2O/c1-8-6-11(13(17)7-12(8)16)14-9-4-2-3-5-10(9)15(20)19-18-14/h2-7H,1H3,(H,19,20). The van der Waals surface area contributed by atoms with Crippen molar-refractivity contribution < 1.29 is 8.78 Å². The van der Waals surface area contributed by atoms with Gasteiger partial charge < -0.3 is 0 Å². The van der Waals surface area contributed by atoms with Crippen LogP contribution in [0, 0.1) is 18.6 Å². The van der Waals surface area contributed by atoms with Crippen LogP contribution in [-0.2, 0) is 0 Å². The molecule has 0 aliphatic heterocycles. The van der Waals surface area contributed by atoms with Crippen LogP contribution < -0.4 is 5.56 Å². The number of aromatic nitrogens is 2. The summed E-state index contributed by atoms with van der Waals surface area (Å²) in [4.78, 5) is 11.7. The van der Waals surface area contributed by atoms with E-state index in [2.05, 4.69) is 10.2 Å².